The van der Waals surface area contributed by atoms with E-state index in [-0.39, 0.29) is 18.5 Å². The van der Waals surface area contributed by atoms with Crippen LogP contribution in [0.1, 0.15) is 20.7 Å². The Kier molecular flexibility index (Phi) is 4.95. The lowest BCUT2D eigenvalue weighted by Gasteiger charge is -2.18. The first-order valence-electron chi connectivity index (χ1n) is 6.42. The molecule has 4 nitrogen and oxygen atoms in total. The van der Waals surface area contributed by atoms with Gasteiger partial charge in [0, 0.05) is 23.2 Å². The molecule has 2 amide bonds. The number of carbonyl (C=O) groups is 2. The average molecular weight is 303 g/mol. The van der Waals surface area contributed by atoms with E-state index in [1.54, 1.807) is 55.6 Å². The summed E-state index contributed by atoms with van der Waals surface area (Å²) < 4.78 is 0. The Hall–Kier alpha value is -2.33. The molecular weight excluding hydrogens is 288 g/mol. The molecule has 0 spiro atoms. The van der Waals surface area contributed by atoms with Crippen LogP contribution >= 0.6 is 11.6 Å². The average Bonchev–Trinajstić information content (AvgIpc) is 2.53. The fraction of sp³-hybridized carbons (Fsp3) is 0.125. The first-order chi connectivity index (χ1) is 10.1. The topological polar surface area (TPSA) is 49.4 Å². The minimum Gasteiger partial charge on any atom is -0.334 e. The molecule has 5 heteroatoms. The largest absolute Gasteiger partial charge is 0.334 e. The molecule has 1 N–H and O–H groups in total. The maximum absolute atomic E-state index is 12.1. The van der Waals surface area contributed by atoms with Crippen LogP contribution in [0.25, 0.3) is 0 Å². The van der Waals surface area contributed by atoms with Crippen LogP contribution in [0.4, 0.5) is 0 Å². The quantitative estimate of drug-likeness (QED) is 0.883. The normalized spacial score (nSPS) is 10.0. The van der Waals surface area contributed by atoms with Gasteiger partial charge in [-0.05, 0) is 36.4 Å². The van der Waals surface area contributed by atoms with Crippen molar-refractivity contribution in [3.8, 4) is 0 Å². The van der Waals surface area contributed by atoms with E-state index in [2.05, 4.69) is 5.32 Å². The lowest BCUT2D eigenvalue weighted by atomic mass is 10.2. The molecule has 2 aromatic carbocycles. The number of hydrogen-bond acceptors (Lipinski definition) is 2. The molecule has 0 bridgehead atoms. The molecule has 21 heavy (non-hydrogen) atoms. The summed E-state index contributed by atoms with van der Waals surface area (Å²) in [4.78, 5) is 25.5. The van der Waals surface area contributed by atoms with Gasteiger partial charge in [0.15, 0.2) is 0 Å². The van der Waals surface area contributed by atoms with Gasteiger partial charge in [-0.15, -0.1) is 0 Å². The van der Waals surface area contributed by atoms with Crippen LogP contribution in [0.3, 0.4) is 0 Å². The fourth-order valence-electron chi connectivity index (χ4n) is 1.77. The van der Waals surface area contributed by atoms with Crippen LogP contribution in [0.5, 0.6) is 0 Å². The molecule has 0 aliphatic carbocycles. The standard InChI is InChI=1S/C16H15ClN2O2/c1-19(16(21)13-7-9-14(17)10-8-13)11-18-15(20)12-5-3-2-4-6-12/h2-10H,11H2,1H3,(H,18,20). The lowest BCUT2D eigenvalue weighted by molar-refractivity contribution is 0.0765. The number of nitrogens with one attached hydrogen (secondary N) is 1. The number of rotatable bonds is 4. The summed E-state index contributed by atoms with van der Waals surface area (Å²) in [7, 11) is 1.63. The third kappa shape index (κ3) is 4.07. The van der Waals surface area contributed by atoms with Gasteiger partial charge in [-0.2, -0.15) is 0 Å². The third-order valence-electron chi connectivity index (χ3n) is 2.95. The Morgan fingerprint density at radius 3 is 2.24 bits per heavy atom. The van der Waals surface area contributed by atoms with Gasteiger partial charge in [0.1, 0.15) is 0 Å². The monoisotopic (exact) mass is 302 g/mol. The number of halogens is 1. The molecule has 2 rings (SSSR count). The highest BCUT2D eigenvalue weighted by Gasteiger charge is 2.12. The van der Waals surface area contributed by atoms with Gasteiger partial charge >= 0.3 is 0 Å². The number of carbonyl (C=O) groups excluding carboxylic acids is 2. The van der Waals surface area contributed by atoms with Crippen molar-refractivity contribution in [1.29, 1.82) is 0 Å². The van der Waals surface area contributed by atoms with Crippen LogP contribution in [0, 0.1) is 0 Å². The van der Waals surface area contributed by atoms with Gasteiger partial charge in [-0.3, -0.25) is 9.59 Å². The molecule has 108 valence electrons. The van der Waals surface area contributed by atoms with Gasteiger partial charge in [0.05, 0.1) is 6.67 Å². The summed E-state index contributed by atoms with van der Waals surface area (Å²) in [5, 5.41) is 3.28. The third-order valence-corrected chi connectivity index (χ3v) is 3.20. The molecule has 0 aliphatic rings. The van der Waals surface area contributed by atoms with Crippen molar-refractivity contribution in [1.82, 2.24) is 10.2 Å². The maximum Gasteiger partial charge on any atom is 0.255 e. The van der Waals surface area contributed by atoms with E-state index in [0.29, 0.717) is 16.1 Å². The van der Waals surface area contributed by atoms with Gasteiger partial charge in [-0.25, -0.2) is 0 Å². The molecule has 0 aliphatic heterocycles. The zero-order chi connectivity index (χ0) is 15.2. The molecule has 2 aromatic rings. The second-order valence-corrected chi connectivity index (χ2v) is 4.98. The fourth-order valence-corrected chi connectivity index (χ4v) is 1.89. The number of hydrogen-bond donors (Lipinski definition) is 1. The number of nitrogens with zero attached hydrogens (tertiary/aromatic N) is 1. The predicted molar refractivity (Wildman–Crippen MR) is 82.3 cm³/mol. The predicted octanol–water partition coefficient (Wildman–Crippen LogP) is 2.80. The Morgan fingerprint density at radius 1 is 1.00 bits per heavy atom. The number of benzene rings is 2. The molecule has 0 unspecified atom stereocenters. The van der Waals surface area contributed by atoms with Crippen LogP contribution in [-0.4, -0.2) is 30.4 Å². The Labute approximate surface area is 128 Å². The van der Waals surface area contributed by atoms with E-state index in [9.17, 15) is 9.59 Å². The first kappa shape index (κ1) is 15.1. The van der Waals surface area contributed by atoms with Gasteiger partial charge in [0.2, 0.25) is 0 Å². The van der Waals surface area contributed by atoms with Crippen molar-refractivity contribution >= 4 is 23.4 Å². The van der Waals surface area contributed by atoms with Gasteiger partial charge in [-0.1, -0.05) is 29.8 Å². The molecule has 0 atom stereocenters. The van der Waals surface area contributed by atoms with E-state index in [1.807, 2.05) is 6.07 Å². The molecule has 0 aromatic heterocycles. The molecule has 0 saturated carbocycles. The second-order valence-electron chi connectivity index (χ2n) is 4.54. The van der Waals surface area contributed by atoms with Gasteiger partial charge < -0.3 is 10.2 Å². The first-order valence-corrected chi connectivity index (χ1v) is 6.80. The van der Waals surface area contributed by atoms with E-state index >= 15 is 0 Å². The highest BCUT2D eigenvalue weighted by atomic mass is 35.5. The smallest absolute Gasteiger partial charge is 0.255 e. The molecule has 0 heterocycles. The van der Waals surface area contributed by atoms with Crippen molar-refractivity contribution in [2.24, 2.45) is 0 Å². The minimum absolute atomic E-state index is 0.134. The molecule has 0 radical (unpaired) electrons. The van der Waals surface area contributed by atoms with Crippen molar-refractivity contribution in [2.75, 3.05) is 13.7 Å². The highest BCUT2D eigenvalue weighted by Crippen LogP contribution is 2.10. The lowest BCUT2D eigenvalue weighted by Crippen LogP contribution is -2.38. The summed E-state index contributed by atoms with van der Waals surface area (Å²) in [6.45, 7) is 0.134. The summed E-state index contributed by atoms with van der Waals surface area (Å²) in [5.41, 5.74) is 1.08. The Morgan fingerprint density at radius 2 is 1.62 bits per heavy atom. The van der Waals surface area contributed by atoms with Crippen molar-refractivity contribution in [3.63, 3.8) is 0 Å². The van der Waals surface area contributed by atoms with Crippen LogP contribution < -0.4 is 5.32 Å². The summed E-state index contributed by atoms with van der Waals surface area (Å²) in [5.74, 6) is -0.397. The zero-order valence-corrected chi connectivity index (χ0v) is 12.3. The zero-order valence-electron chi connectivity index (χ0n) is 11.5. The van der Waals surface area contributed by atoms with Crippen LogP contribution in [0.2, 0.25) is 5.02 Å². The van der Waals surface area contributed by atoms with E-state index in [4.69, 9.17) is 11.6 Å². The molecule has 0 fully saturated rings. The number of amides is 2. The molecular formula is C16H15ClN2O2. The summed E-state index contributed by atoms with van der Waals surface area (Å²) in [6.07, 6.45) is 0. The second kappa shape index (κ2) is 6.90. The Bertz CT molecular complexity index is 626. The Balaban J connectivity index is 1.92. The molecule has 0 saturated heterocycles. The maximum atomic E-state index is 12.1. The van der Waals surface area contributed by atoms with Crippen molar-refractivity contribution < 1.29 is 9.59 Å². The van der Waals surface area contributed by atoms with Gasteiger partial charge in [0.25, 0.3) is 11.8 Å². The SMILES string of the molecule is CN(CNC(=O)c1ccccc1)C(=O)c1ccc(Cl)cc1. The van der Waals surface area contributed by atoms with Crippen LogP contribution in [0.15, 0.2) is 54.6 Å². The van der Waals surface area contributed by atoms with E-state index < -0.39 is 0 Å². The van der Waals surface area contributed by atoms with E-state index in [0.717, 1.165) is 0 Å². The van der Waals surface area contributed by atoms with E-state index in [1.165, 1.54) is 4.90 Å². The minimum atomic E-state index is -0.216. The highest BCUT2D eigenvalue weighted by molar-refractivity contribution is 6.30. The van der Waals surface area contributed by atoms with Crippen molar-refractivity contribution in [3.05, 3.63) is 70.7 Å². The summed E-state index contributed by atoms with van der Waals surface area (Å²) in [6, 6.07) is 15.5. The van der Waals surface area contributed by atoms with Crippen molar-refractivity contribution in [2.45, 2.75) is 0 Å². The van der Waals surface area contributed by atoms with Crippen LogP contribution in [-0.2, 0) is 0 Å². The summed E-state index contributed by atoms with van der Waals surface area (Å²) >= 11 is 5.78.